The molecular weight excluding hydrogens is 384 g/mol. The van der Waals surface area contributed by atoms with Gasteiger partial charge in [-0.1, -0.05) is 12.1 Å². The van der Waals surface area contributed by atoms with Crippen LogP contribution in [-0.2, 0) is 28.6 Å². The molecule has 0 saturated heterocycles. The fraction of sp³-hybridized carbons (Fsp3) is 0.250. The van der Waals surface area contributed by atoms with Crippen LogP contribution in [0.25, 0.3) is 0 Å². The number of benzene rings is 2. The van der Waals surface area contributed by atoms with Crippen molar-refractivity contribution in [1.29, 1.82) is 0 Å². The van der Waals surface area contributed by atoms with E-state index >= 15 is 0 Å². The molecule has 2 N–H and O–H groups in total. The lowest BCUT2D eigenvalue weighted by atomic mass is 10.2. The maximum absolute atomic E-state index is 12.1. The van der Waals surface area contributed by atoms with Gasteiger partial charge in [-0.15, -0.1) is 0 Å². The zero-order valence-corrected chi connectivity index (χ0v) is 15.7. The van der Waals surface area contributed by atoms with E-state index in [9.17, 15) is 27.0 Å². The van der Waals surface area contributed by atoms with E-state index in [2.05, 4.69) is 0 Å². The summed E-state index contributed by atoms with van der Waals surface area (Å²) in [4.78, 5) is -0.437. The summed E-state index contributed by atoms with van der Waals surface area (Å²) in [5, 5.41) is 18.8. The Morgan fingerprint density at radius 1 is 0.731 bits per heavy atom. The van der Waals surface area contributed by atoms with Crippen molar-refractivity contribution in [3.8, 4) is 11.5 Å². The highest BCUT2D eigenvalue weighted by atomic mass is 32.2. The van der Waals surface area contributed by atoms with Gasteiger partial charge < -0.3 is 10.2 Å². The molecule has 0 unspecified atom stereocenters. The van der Waals surface area contributed by atoms with E-state index in [1.54, 1.807) is 0 Å². The molecule has 2 rings (SSSR count). The average Bonchev–Trinajstić information content (AvgIpc) is 2.56. The predicted molar refractivity (Wildman–Crippen MR) is 92.0 cm³/mol. The summed E-state index contributed by atoms with van der Waals surface area (Å²) in [5.74, 6) is -0.480. The molecule has 0 atom stereocenters. The monoisotopic (exact) mass is 402 g/mol. The Kier molecular flexibility index (Phi) is 5.91. The number of hydrogen-bond acceptors (Lipinski definition) is 8. The van der Waals surface area contributed by atoms with Gasteiger partial charge in [0.2, 0.25) is 0 Å². The van der Waals surface area contributed by atoms with Crippen LogP contribution < -0.4 is 0 Å². The topological polar surface area (TPSA) is 127 Å². The fourth-order valence-electron chi connectivity index (χ4n) is 2.13. The first-order valence-electron chi connectivity index (χ1n) is 7.41. The van der Waals surface area contributed by atoms with Crippen LogP contribution in [0.4, 0.5) is 0 Å². The lowest BCUT2D eigenvalue weighted by Gasteiger charge is -2.10. The first-order valence-corrected chi connectivity index (χ1v) is 10.2. The Bertz CT molecular complexity index is 927. The maximum atomic E-state index is 12.1. The van der Waals surface area contributed by atoms with Gasteiger partial charge in [0.15, 0.2) is 0 Å². The van der Waals surface area contributed by atoms with E-state index in [1.165, 1.54) is 38.1 Å². The van der Waals surface area contributed by atoms with Crippen molar-refractivity contribution in [3.05, 3.63) is 47.5 Å². The lowest BCUT2D eigenvalue weighted by Crippen LogP contribution is -2.16. The minimum Gasteiger partial charge on any atom is -0.508 e. The molecule has 0 aliphatic heterocycles. The van der Waals surface area contributed by atoms with E-state index in [1.807, 2.05) is 0 Å². The summed E-state index contributed by atoms with van der Waals surface area (Å²) in [6.45, 7) is 1.96. The van der Waals surface area contributed by atoms with Crippen molar-refractivity contribution in [3.63, 3.8) is 0 Å². The van der Waals surface area contributed by atoms with E-state index in [-0.39, 0.29) is 21.3 Å². The maximum Gasteiger partial charge on any atom is 0.297 e. The van der Waals surface area contributed by atoms with Crippen LogP contribution in [0.1, 0.15) is 11.1 Å². The normalized spacial score (nSPS) is 12.2. The third-order valence-corrected chi connectivity index (χ3v) is 6.35. The Hall–Kier alpha value is -2.14. The van der Waals surface area contributed by atoms with Crippen LogP contribution >= 0.6 is 0 Å². The molecule has 0 aromatic heterocycles. The van der Waals surface area contributed by atoms with E-state index in [4.69, 9.17) is 8.37 Å². The van der Waals surface area contributed by atoms with Crippen LogP contribution in [0.5, 0.6) is 11.5 Å². The number of phenols is 2. The molecule has 0 radical (unpaired) electrons. The summed E-state index contributed by atoms with van der Waals surface area (Å²) >= 11 is 0. The van der Waals surface area contributed by atoms with Crippen molar-refractivity contribution in [2.45, 2.75) is 23.6 Å². The van der Waals surface area contributed by atoms with Crippen LogP contribution in [0.2, 0.25) is 0 Å². The molecule has 10 heteroatoms. The largest absolute Gasteiger partial charge is 0.508 e. The smallest absolute Gasteiger partial charge is 0.297 e. The zero-order valence-electron chi connectivity index (χ0n) is 14.0. The van der Waals surface area contributed by atoms with Crippen molar-refractivity contribution < 1.29 is 35.4 Å². The molecule has 0 spiro atoms. The molecule has 0 heterocycles. The Labute approximate surface area is 151 Å². The van der Waals surface area contributed by atoms with Gasteiger partial charge in [0.1, 0.15) is 21.3 Å². The average molecular weight is 402 g/mol. The van der Waals surface area contributed by atoms with Crippen molar-refractivity contribution in [2.75, 3.05) is 13.2 Å². The fourth-order valence-corrected chi connectivity index (χ4v) is 4.41. The predicted octanol–water partition coefficient (Wildman–Crippen LogP) is 1.83. The Balaban J connectivity index is 2.04. The van der Waals surface area contributed by atoms with Gasteiger partial charge in [-0.3, -0.25) is 8.37 Å². The van der Waals surface area contributed by atoms with E-state index in [0.29, 0.717) is 11.1 Å². The molecule has 26 heavy (non-hydrogen) atoms. The third-order valence-electron chi connectivity index (χ3n) is 3.44. The van der Waals surface area contributed by atoms with Crippen molar-refractivity contribution in [1.82, 2.24) is 0 Å². The number of hydrogen-bond donors (Lipinski definition) is 2. The summed E-state index contributed by atoms with van der Waals surface area (Å²) in [7, 11) is -8.37. The van der Waals surface area contributed by atoms with Crippen LogP contribution in [-0.4, -0.2) is 40.3 Å². The van der Waals surface area contributed by atoms with E-state index < -0.39 is 33.5 Å². The second kappa shape index (κ2) is 7.62. The SMILES string of the molecule is Cc1ccc(O)cc1S(=O)(=O)OCCOS(=O)(=O)c1cc(O)ccc1C. The molecule has 0 saturated carbocycles. The molecule has 8 nitrogen and oxygen atoms in total. The molecular formula is C16H18O8S2. The molecule has 2 aromatic rings. The number of aryl methyl sites for hydroxylation is 2. The molecule has 0 fully saturated rings. The Morgan fingerprint density at radius 3 is 1.42 bits per heavy atom. The van der Waals surface area contributed by atoms with Gasteiger partial charge in [0, 0.05) is 12.1 Å². The third kappa shape index (κ3) is 4.73. The van der Waals surface area contributed by atoms with Gasteiger partial charge in [-0.05, 0) is 37.1 Å². The minimum atomic E-state index is -4.19. The van der Waals surface area contributed by atoms with Crippen LogP contribution in [0.15, 0.2) is 46.2 Å². The summed E-state index contributed by atoms with van der Waals surface area (Å²) in [6, 6.07) is 7.58. The molecule has 142 valence electrons. The zero-order chi connectivity index (χ0) is 19.5. The van der Waals surface area contributed by atoms with Crippen molar-refractivity contribution >= 4 is 20.2 Å². The highest BCUT2D eigenvalue weighted by molar-refractivity contribution is 7.87. The highest BCUT2D eigenvalue weighted by Gasteiger charge is 2.21. The molecule has 0 amide bonds. The van der Waals surface area contributed by atoms with Gasteiger partial charge in [0.25, 0.3) is 20.2 Å². The van der Waals surface area contributed by atoms with Crippen molar-refractivity contribution in [2.24, 2.45) is 0 Å². The van der Waals surface area contributed by atoms with Gasteiger partial charge in [0.05, 0.1) is 13.2 Å². The van der Waals surface area contributed by atoms with Gasteiger partial charge in [-0.2, -0.15) is 16.8 Å². The quantitative estimate of drug-likeness (QED) is 0.530. The minimum absolute atomic E-state index is 0.218. The Morgan fingerprint density at radius 2 is 1.08 bits per heavy atom. The first kappa shape index (κ1) is 20.2. The standard InChI is InChI=1S/C16H18O8S2/c1-11-3-5-13(17)9-15(11)25(19,20)23-7-8-24-26(21,22)16-10-14(18)6-4-12(16)2/h3-6,9-10,17-18H,7-8H2,1-2H3. The second-order valence-electron chi connectivity index (χ2n) is 5.45. The van der Waals surface area contributed by atoms with Gasteiger partial charge >= 0.3 is 0 Å². The van der Waals surface area contributed by atoms with E-state index in [0.717, 1.165) is 12.1 Å². The number of aromatic hydroxyl groups is 2. The second-order valence-corrected chi connectivity index (χ2v) is 8.62. The highest BCUT2D eigenvalue weighted by Crippen LogP contribution is 2.24. The summed E-state index contributed by atoms with van der Waals surface area (Å²) in [6.07, 6.45) is 0. The molecule has 0 aliphatic rings. The van der Waals surface area contributed by atoms with Crippen LogP contribution in [0.3, 0.4) is 0 Å². The number of rotatable bonds is 7. The summed E-state index contributed by atoms with van der Waals surface area (Å²) in [5.41, 5.74) is 0.735. The first-order chi connectivity index (χ1) is 12.0. The van der Waals surface area contributed by atoms with Gasteiger partial charge in [-0.25, -0.2) is 0 Å². The lowest BCUT2D eigenvalue weighted by molar-refractivity contribution is 0.224. The van der Waals surface area contributed by atoms with Crippen LogP contribution in [0, 0.1) is 13.8 Å². The summed E-state index contributed by atoms with van der Waals surface area (Å²) < 4.78 is 58.0. The molecule has 2 aromatic carbocycles. The molecule has 0 aliphatic carbocycles. The number of phenolic OH excluding ortho intramolecular Hbond substituents is 2. The molecule has 0 bridgehead atoms.